The zero-order valence-electron chi connectivity index (χ0n) is 52.7. The van der Waals surface area contributed by atoms with Crippen molar-refractivity contribution >= 4 is 17.9 Å². The van der Waals surface area contributed by atoms with Crippen molar-refractivity contribution in [2.24, 2.45) is 0 Å². The van der Waals surface area contributed by atoms with Crippen LogP contribution in [0.15, 0.2) is 170 Å². The van der Waals surface area contributed by atoms with Crippen molar-refractivity contribution < 1.29 is 28.6 Å². The van der Waals surface area contributed by atoms with Gasteiger partial charge in [0.05, 0.1) is 0 Å². The van der Waals surface area contributed by atoms with Gasteiger partial charge in [-0.25, -0.2) is 0 Å². The van der Waals surface area contributed by atoms with E-state index in [0.29, 0.717) is 19.3 Å². The average molecular weight is 1130 g/mol. The van der Waals surface area contributed by atoms with Gasteiger partial charge in [-0.15, -0.1) is 0 Å². The highest BCUT2D eigenvalue weighted by Crippen LogP contribution is 2.14. The molecule has 0 aromatic carbocycles. The van der Waals surface area contributed by atoms with E-state index in [4.69, 9.17) is 14.2 Å². The molecule has 0 aliphatic rings. The molecule has 1 unspecified atom stereocenters. The highest BCUT2D eigenvalue weighted by Gasteiger charge is 2.19. The van der Waals surface area contributed by atoms with Crippen molar-refractivity contribution in [1.82, 2.24) is 0 Å². The molecule has 1 atom stereocenters. The number of rotatable bonds is 58. The molecule has 0 fully saturated rings. The molecule has 0 aliphatic carbocycles. The molecule has 0 rings (SSSR count). The van der Waals surface area contributed by atoms with Crippen LogP contribution in [0.4, 0.5) is 0 Å². The first kappa shape index (κ1) is 76.8. The van der Waals surface area contributed by atoms with E-state index >= 15 is 0 Å². The summed E-state index contributed by atoms with van der Waals surface area (Å²) in [6.45, 7) is 6.35. The topological polar surface area (TPSA) is 78.9 Å². The minimum Gasteiger partial charge on any atom is -0.462 e. The quantitative estimate of drug-likeness (QED) is 0.0261. The summed E-state index contributed by atoms with van der Waals surface area (Å²) in [5, 5.41) is 0. The Morgan fingerprint density at radius 3 is 0.756 bits per heavy atom. The van der Waals surface area contributed by atoms with Gasteiger partial charge in [0, 0.05) is 19.3 Å². The van der Waals surface area contributed by atoms with Gasteiger partial charge in [-0.2, -0.15) is 0 Å². The molecular weight excluding hydrogens is 1010 g/mol. The van der Waals surface area contributed by atoms with Crippen LogP contribution in [-0.4, -0.2) is 37.2 Å². The first-order chi connectivity index (χ1) is 40.5. The zero-order chi connectivity index (χ0) is 59.2. The molecule has 0 saturated heterocycles. The van der Waals surface area contributed by atoms with Gasteiger partial charge in [-0.3, -0.25) is 14.4 Å². The fraction of sp³-hybridized carbons (Fsp3) is 0.592. The molecule has 6 heteroatoms. The lowest BCUT2D eigenvalue weighted by Gasteiger charge is -2.18. The zero-order valence-corrected chi connectivity index (χ0v) is 52.7. The summed E-state index contributed by atoms with van der Waals surface area (Å²) in [7, 11) is 0. The summed E-state index contributed by atoms with van der Waals surface area (Å²) in [6, 6.07) is 0. The molecule has 0 spiro atoms. The standard InChI is InChI=1S/C76H120O6/c1-4-7-10-13-16-19-22-25-27-29-31-32-33-34-35-36-37-38-39-40-41-42-43-44-46-47-49-51-54-57-60-63-66-69-75(78)81-72-73(71-80-74(77)68-65-62-59-56-53-24-21-18-15-12-9-6-3)82-76(79)70-67-64-61-58-55-52-50-48-45-30-28-26-23-20-17-14-11-8-5-2/h7-8,10-11,16-21,25-28,31-32,34-35,37-38,40-41,43-45,47-49,73H,4-6,9,12-15,22-24,29-30,33,36,39,42,46,50-72H2,1-3H3/b10-7-,11-8-,19-16-,20-17-,21-18-,27-25-,28-26-,32-31-,35-34-,38-37-,41-40-,44-43-,48-45-,49-47-. The van der Waals surface area contributed by atoms with Crippen LogP contribution in [0.5, 0.6) is 0 Å². The number of carbonyl (C=O) groups excluding carboxylic acids is 3. The van der Waals surface area contributed by atoms with Crippen LogP contribution in [0.1, 0.15) is 271 Å². The molecule has 0 saturated carbocycles. The van der Waals surface area contributed by atoms with Gasteiger partial charge in [-0.05, 0) is 154 Å². The SMILES string of the molecule is CC/C=C\C/C=C\C/C=C\C/C=C\C/C=C\C/C=C\C/C=C\C/C=C\C/C=C\CCCCCCCC(=O)OCC(COC(=O)CCCCCCC/C=C\CCCCC)OC(=O)CCCCCCCC/C=C\C/C=C\C/C=C\C/C=C\CC. The predicted molar refractivity (Wildman–Crippen MR) is 357 cm³/mol. The van der Waals surface area contributed by atoms with Gasteiger partial charge in [0.15, 0.2) is 6.10 Å². The number of allylic oxidation sites excluding steroid dienone is 28. The minimum absolute atomic E-state index is 0.101. The summed E-state index contributed by atoms with van der Waals surface area (Å²) in [6.07, 6.45) is 101. The number of esters is 3. The largest absolute Gasteiger partial charge is 0.462 e. The van der Waals surface area contributed by atoms with Crippen molar-refractivity contribution in [3.63, 3.8) is 0 Å². The molecule has 0 amide bonds. The van der Waals surface area contributed by atoms with Gasteiger partial charge in [-0.1, -0.05) is 268 Å². The Bertz CT molecular complexity index is 1870. The Morgan fingerprint density at radius 1 is 0.256 bits per heavy atom. The molecule has 0 N–H and O–H groups in total. The number of ether oxygens (including phenoxy) is 3. The molecular formula is C76H120O6. The Labute approximate surface area is 504 Å². The van der Waals surface area contributed by atoms with E-state index in [1.54, 1.807) is 0 Å². The number of unbranched alkanes of at least 4 members (excludes halogenated alkanes) is 19. The molecule has 6 nitrogen and oxygen atoms in total. The number of hydrogen-bond acceptors (Lipinski definition) is 6. The molecule has 460 valence electrons. The molecule has 0 aromatic heterocycles. The summed E-state index contributed by atoms with van der Waals surface area (Å²) in [5.41, 5.74) is 0. The normalized spacial score (nSPS) is 13.3. The summed E-state index contributed by atoms with van der Waals surface area (Å²) >= 11 is 0. The van der Waals surface area contributed by atoms with E-state index in [1.807, 2.05) is 0 Å². The van der Waals surface area contributed by atoms with Crippen LogP contribution in [0.25, 0.3) is 0 Å². The van der Waals surface area contributed by atoms with Gasteiger partial charge >= 0.3 is 17.9 Å². The Kier molecular flexibility index (Phi) is 63.9. The molecule has 0 aromatic rings. The molecule has 0 bridgehead atoms. The lowest BCUT2D eigenvalue weighted by atomic mass is 10.1. The van der Waals surface area contributed by atoms with Gasteiger partial charge in [0.1, 0.15) is 13.2 Å². The maximum absolute atomic E-state index is 12.9. The van der Waals surface area contributed by atoms with Crippen LogP contribution in [0.2, 0.25) is 0 Å². The van der Waals surface area contributed by atoms with Crippen molar-refractivity contribution in [3.8, 4) is 0 Å². The van der Waals surface area contributed by atoms with Gasteiger partial charge in [0.2, 0.25) is 0 Å². The third kappa shape index (κ3) is 65.6. The monoisotopic (exact) mass is 1130 g/mol. The third-order valence-electron chi connectivity index (χ3n) is 13.4. The molecule has 0 aliphatic heterocycles. The fourth-order valence-corrected chi connectivity index (χ4v) is 8.54. The Hall–Kier alpha value is -5.23. The molecule has 82 heavy (non-hydrogen) atoms. The average Bonchev–Trinajstić information content (AvgIpc) is 3.47. The molecule has 0 radical (unpaired) electrons. The predicted octanol–water partition coefficient (Wildman–Crippen LogP) is 23.0. The van der Waals surface area contributed by atoms with Gasteiger partial charge in [0.25, 0.3) is 0 Å². The van der Waals surface area contributed by atoms with E-state index in [0.717, 1.165) is 186 Å². The third-order valence-corrected chi connectivity index (χ3v) is 13.4. The van der Waals surface area contributed by atoms with Crippen LogP contribution in [0.3, 0.4) is 0 Å². The van der Waals surface area contributed by atoms with Crippen molar-refractivity contribution in [2.75, 3.05) is 13.2 Å². The van der Waals surface area contributed by atoms with Crippen molar-refractivity contribution in [3.05, 3.63) is 170 Å². The number of hydrogen-bond donors (Lipinski definition) is 0. The lowest BCUT2D eigenvalue weighted by molar-refractivity contribution is -0.167. The van der Waals surface area contributed by atoms with E-state index in [-0.39, 0.29) is 31.1 Å². The first-order valence-electron chi connectivity index (χ1n) is 33.1. The second-order valence-corrected chi connectivity index (χ2v) is 21.3. The van der Waals surface area contributed by atoms with Crippen LogP contribution >= 0.6 is 0 Å². The maximum Gasteiger partial charge on any atom is 0.306 e. The molecule has 0 heterocycles. The first-order valence-corrected chi connectivity index (χ1v) is 33.1. The lowest BCUT2D eigenvalue weighted by Crippen LogP contribution is -2.30. The number of carbonyl (C=O) groups is 3. The maximum atomic E-state index is 12.9. The van der Waals surface area contributed by atoms with Crippen LogP contribution in [-0.2, 0) is 28.6 Å². The van der Waals surface area contributed by atoms with Gasteiger partial charge < -0.3 is 14.2 Å². The Morgan fingerprint density at radius 2 is 0.476 bits per heavy atom. The second kappa shape index (κ2) is 68.3. The summed E-state index contributed by atoms with van der Waals surface area (Å²) in [4.78, 5) is 38.3. The summed E-state index contributed by atoms with van der Waals surface area (Å²) in [5.74, 6) is -0.947. The summed E-state index contributed by atoms with van der Waals surface area (Å²) < 4.78 is 16.9. The Balaban J connectivity index is 4.37. The van der Waals surface area contributed by atoms with Crippen molar-refractivity contribution in [1.29, 1.82) is 0 Å². The highest BCUT2D eigenvalue weighted by atomic mass is 16.6. The fourth-order valence-electron chi connectivity index (χ4n) is 8.54. The van der Waals surface area contributed by atoms with E-state index < -0.39 is 6.10 Å². The van der Waals surface area contributed by atoms with E-state index in [9.17, 15) is 14.4 Å². The van der Waals surface area contributed by atoms with Crippen molar-refractivity contribution in [2.45, 2.75) is 277 Å². The highest BCUT2D eigenvalue weighted by molar-refractivity contribution is 5.71. The van der Waals surface area contributed by atoms with E-state index in [2.05, 4.69) is 191 Å². The van der Waals surface area contributed by atoms with E-state index in [1.165, 1.54) is 44.9 Å². The van der Waals surface area contributed by atoms with Crippen LogP contribution in [0, 0.1) is 0 Å². The van der Waals surface area contributed by atoms with Crippen LogP contribution < -0.4 is 0 Å². The second-order valence-electron chi connectivity index (χ2n) is 21.3. The minimum atomic E-state index is -0.807. The smallest absolute Gasteiger partial charge is 0.306 e.